The van der Waals surface area contributed by atoms with Crippen molar-refractivity contribution in [2.24, 2.45) is 0 Å². The van der Waals surface area contributed by atoms with E-state index in [0.717, 1.165) is 34.7 Å². The molecule has 0 fully saturated rings. The molecule has 0 saturated carbocycles. The van der Waals surface area contributed by atoms with E-state index >= 15 is 0 Å². The summed E-state index contributed by atoms with van der Waals surface area (Å²) in [6, 6.07) is 8.00. The van der Waals surface area contributed by atoms with Crippen LogP contribution in [-0.4, -0.2) is 21.5 Å². The standard InChI is InChI=1S/C14H13ClN4S/c1-9-8-11-12(18-14(15)19-13(11)20-9)17-7-5-10-4-2-3-6-16-10/h2-4,6,8H,5,7H2,1H3,(H,17,18,19). The first kappa shape index (κ1) is 13.3. The summed E-state index contributed by atoms with van der Waals surface area (Å²) in [6.45, 7) is 2.81. The van der Waals surface area contributed by atoms with Crippen LogP contribution < -0.4 is 5.32 Å². The summed E-state index contributed by atoms with van der Waals surface area (Å²) >= 11 is 7.58. The predicted octanol–water partition coefficient (Wildman–Crippen LogP) is 3.70. The van der Waals surface area contributed by atoms with Gasteiger partial charge in [0.2, 0.25) is 5.28 Å². The summed E-state index contributed by atoms with van der Waals surface area (Å²) in [5.74, 6) is 0.792. The Morgan fingerprint density at radius 1 is 1.30 bits per heavy atom. The lowest BCUT2D eigenvalue weighted by Gasteiger charge is -2.06. The molecule has 6 heteroatoms. The Bertz CT molecular complexity index is 727. The van der Waals surface area contributed by atoms with E-state index < -0.39 is 0 Å². The van der Waals surface area contributed by atoms with Gasteiger partial charge in [0.25, 0.3) is 0 Å². The van der Waals surface area contributed by atoms with Crippen molar-refractivity contribution in [3.05, 3.63) is 46.3 Å². The number of hydrogen-bond donors (Lipinski definition) is 1. The molecule has 3 rings (SSSR count). The molecule has 0 aliphatic carbocycles. The number of thiophene rings is 1. The van der Waals surface area contributed by atoms with Crippen LogP contribution in [0.2, 0.25) is 5.28 Å². The minimum absolute atomic E-state index is 0.277. The van der Waals surface area contributed by atoms with Gasteiger partial charge >= 0.3 is 0 Å². The molecule has 0 spiro atoms. The molecule has 20 heavy (non-hydrogen) atoms. The van der Waals surface area contributed by atoms with Crippen molar-refractivity contribution in [2.45, 2.75) is 13.3 Å². The zero-order chi connectivity index (χ0) is 13.9. The van der Waals surface area contributed by atoms with Gasteiger partial charge in [-0.05, 0) is 36.7 Å². The zero-order valence-corrected chi connectivity index (χ0v) is 12.5. The van der Waals surface area contributed by atoms with E-state index in [1.807, 2.05) is 18.2 Å². The summed E-state index contributed by atoms with van der Waals surface area (Å²) in [4.78, 5) is 14.9. The lowest BCUT2D eigenvalue weighted by molar-refractivity contribution is 0.954. The fourth-order valence-corrected chi connectivity index (χ4v) is 3.10. The number of anilines is 1. The van der Waals surface area contributed by atoms with E-state index in [2.05, 4.69) is 33.3 Å². The SMILES string of the molecule is Cc1cc2c(NCCc3ccccn3)nc(Cl)nc2s1. The van der Waals surface area contributed by atoms with E-state index in [1.54, 1.807) is 17.5 Å². The highest BCUT2D eigenvalue weighted by Gasteiger charge is 2.09. The molecule has 3 aromatic heterocycles. The second kappa shape index (κ2) is 5.73. The lowest BCUT2D eigenvalue weighted by atomic mass is 10.2. The molecule has 0 amide bonds. The molecule has 0 aliphatic heterocycles. The van der Waals surface area contributed by atoms with Crippen LogP contribution in [0.25, 0.3) is 10.2 Å². The van der Waals surface area contributed by atoms with Crippen LogP contribution >= 0.6 is 22.9 Å². The first-order valence-electron chi connectivity index (χ1n) is 6.30. The second-order valence-corrected chi connectivity index (χ2v) is 5.99. The van der Waals surface area contributed by atoms with Gasteiger partial charge in [0.15, 0.2) is 0 Å². The Labute approximate surface area is 125 Å². The van der Waals surface area contributed by atoms with E-state index in [1.165, 1.54) is 4.88 Å². The molecule has 0 bridgehead atoms. The highest BCUT2D eigenvalue weighted by molar-refractivity contribution is 7.18. The van der Waals surface area contributed by atoms with Crippen LogP contribution in [-0.2, 0) is 6.42 Å². The van der Waals surface area contributed by atoms with Crippen LogP contribution in [0.3, 0.4) is 0 Å². The molecule has 0 unspecified atom stereocenters. The van der Waals surface area contributed by atoms with Gasteiger partial charge in [-0.2, -0.15) is 0 Å². The molecule has 0 aliphatic rings. The third-order valence-electron chi connectivity index (χ3n) is 2.89. The van der Waals surface area contributed by atoms with Crippen molar-refractivity contribution in [1.29, 1.82) is 0 Å². The average molecular weight is 305 g/mol. The molecule has 3 heterocycles. The van der Waals surface area contributed by atoms with Gasteiger partial charge in [0.1, 0.15) is 10.6 Å². The number of rotatable bonds is 4. The van der Waals surface area contributed by atoms with Crippen molar-refractivity contribution in [3.63, 3.8) is 0 Å². The third-order valence-corrected chi connectivity index (χ3v) is 4.00. The number of nitrogens with zero attached hydrogens (tertiary/aromatic N) is 3. The molecule has 0 saturated heterocycles. The van der Waals surface area contributed by atoms with Crippen molar-refractivity contribution >= 4 is 39.0 Å². The summed E-state index contributed by atoms with van der Waals surface area (Å²) in [5, 5.41) is 4.62. The Morgan fingerprint density at radius 2 is 2.20 bits per heavy atom. The Balaban J connectivity index is 1.77. The zero-order valence-electron chi connectivity index (χ0n) is 10.9. The van der Waals surface area contributed by atoms with Gasteiger partial charge in [0.05, 0.1) is 5.39 Å². The molecular formula is C14H13ClN4S. The Hall–Kier alpha value is -1.72. The van der Waals surface area contributed by atoms with Crippen molar-refractivity contribution < 1.29 is 0 Å². The van der Waals surface area contributed by atoms with E-state index in [4.69, 9.17) is 11.6 Å². The van der Waals surface area contributed by atoms with Gasteiger partial charge < -0.3 is 5.32 Å². The quantitative estimate of drug-likeness (QED) is 0.747. The molecule has 102 valence electrons. The molecule has 0 atom stereocenters. The fourth-order valence-electron chi connectivity index (χ4n) is 2.01. The number of pyridine rings is 1. The number of nitrogens with one attached hydrogen (secondary N) is 1. The number of aromatic nitrogens is 3. The molecule has 1 N–H and O–H groups in total. The summed E-state index contributed by atoms with van der Waals surface area (Å²) in [7, 11) is 0. The number of hydrogen-bond acceptors (Lipinski definition) is 5. The van der Waals surface area contributed by atoms with Crippen LogP contribution in [0.1, 0.15) is 10.6 Å². The maximum absolute atomic E-state index is 5.96. The normalized spacial score (nSPS) is 10.9. The first-order valence-corrected chi connectivity index (χ1v) is 7.49. The number of halogens is 1. The smallest absolute Gasteiger partial charge is 0.225 e. The Kier molecular flexibility index (Phi) is 3.80. The van der Waals surface area contributed by atoms with Crippen molar-refractivity contribution in [1.82, 2.24) is 15.0 Å². The van der Waals surface area contributed by atoms with E-state index in [9.17, 15) is 0 Å². The van der Waals surface area contributed by atoms with Gasteiger partial charge in [-0.3, -0.25) is 4.98 Å². The van der Waals surface area contributed by atoms with Gasteiger partial charge in [0, 0.05) is 29.7 Å². The van der Waals surface area contributed by atoms with Gasteiger partial charge in [-0.15, -0.1) is 11.3 Å². The molecule has 4 nitrogen and oxygen atoms in total. The predicted molar refractivity (Wildman–Crippen MR) is 83.6 cm³/mol. The molecule has 3 aromatic rings. The van der Waals surface area contributed by atoms with Crippen LogP contribution in [0.4, 0.5) is 5.82 Å². The Morgan fingerprint density at radius 3 is 3.00 bits per heavy atom. The fraction of sp³-hybridized carbons (Fsp3) is 0.214. The number of aryl methyl sites for hydroxylation is 1. The maximum atomic E-state index is 5.96. The molecule has 0 radical (unpaired) electrons. The highest BCUT2D eigenvalue weighted by atomic mass is 35.5. The summed E-state index contributed by atoms with van der Waals surface area (Å²) in [5.41, 5.74) is 1.05. The largest absolute Gasteiger partial charge is 0.369 e. The van der Waals surface area contributed by atoms with Crippen LogP contribution in [0.5, 0.6) is 0 Å². The molecule has 0 aromatic carbocycles. The second-order valence-electron chi connectivity index (χ2n) is 4.41. The van der Waals surface area contributed by atoms with Crippen molar-refractivity contribution in [3.8, 4) is 0 Å². The summed E-state index contributed by atoms with van der Waals surface area (Å²) < 4.78 is 0. The minimum Gasteiger partial charge on any atom is -0.369 e. The maximum Gasteiger partial charge on any atom is 0.225 e. The van der Waals surface area contributed by atoms with Crippen LogP contribution in [0, 0.1) is 6.92 Å². The van der Waals surface area contributed by atoms with Crippen molar-refractivity contribution in [2.75, 3.05) is 11.9 Å². The number of fused-ring (bicyclic) bond motifs is 1. The highest BCUT2D eigenvalue weighted by Crippen LogP contribution is 2.29. The lowest BCUT2D eigenvalue weighted by Crippen LogP contribution is -2.07. The topological polar surface area (TPSA) is 50.7 Å². The minimum atomic E-state index is 0.277. The monoisotopic (exact) mass is 304 g/mol. The third kappa shape index (κ3) is 2.89. The molecular weight excluding hydrogens is 292 g/mol. The first-order chi connectivity index (χ1) is 9.72. The van der Waals surface area contributed by atoms with Crippen LogP contribution in [0.15, 0.2) is 30.5 Å². The van der Waals surface area contributed by atoms with Gasteiger partial charge in [-0.1, -0.05) is 6.07 Å². The average Bonchev–Trinajstić information content (AvgIpc) is 2.80. The van der Waals surface area contributed by atoms with Gasteiger partial charge in [-0.25, -0.2) is 9.97 Å². The van der Waals surface area contributed by atoms with E-state index in [0.29, 0.717) is 0 Å². The summed E-state index contributed by atoms with van der Waals surface area (Å²) in [6.07, 6.45) is 2.64. The van der Waals surface area contributed by atoms with E-state index in [-0.39, 0.29) is 5.28 Å².